The fourth-order valence-electron chi connectivity index (χ4n) is 9.66. The smallest absolute Gasteiger partial charge is 0.329 e. The molecule has 2 bridgehead atoms. The Hall–Kier alpha value is -2.72. The van der Waals surface area contributed by atoms with Gasteiger partial charge in [-0.05, 0) is 102 Å². The second-order valence-corrected chi connectivity index (χ2v) is 17.7. The van der Waals surface area contributed by atoms with E-state index in [1.165, 1.54) is 4.90 Å². The van der Waals surface area contributed by atoms with Gasteiger partial charge < -0.3 is 48.7 Å². The Bertz CT molecular complexity index is 1500. The van der Waals surface area contributed by atoms with Crippen LogP contribution in [0.25, 0.3) is 0 Å². The summed E-state index contributed by atoms with van der Waals surface area (Å²) in [5, 5.41) is 39.1. The number of Topliss-reactive ketones (excluding diaryl/α,β-unsaturated/α-hetero) is 1. The van der Waals surface area contributed by atoms with Gasteiger partial charge in [0, 0.05) is 52.0 Å². The van der Waals surface area contributed by atoms with Crippen LogP contribution in [0, 0.1) is 29.6 Å². The second-order valence-electron chi connectivity index (χ2n) is 17.7. The molecule has 3 heterocycles. The number of hydrogen-bond acceptors (Lipinski definition) is 13. The molecular formula is C45H74N2O12. The first-order valence-electron chi connectivity index (χ1n) is 22.0. The molecule has 14 atom stereocenters. The molecule has 0 spiro atoms. The van der Waals surface area contributed by atoms with Crippen LogP contribution in [0.5, 0.6) is 0 Å². The van der Waals surface area contributed by atoms with Gasteiger partial charge in [-0.15, -0.1) is 0 Å². The van der Waals surface area contributed by atoms with Crippen molar-refractivity contribution in [3.05, 3.63) is 23.3 Å². The number of allylic oxidation sites excluding steroid dienone is 3. The summed E-state index contributed by atoms with van der Waals surface area (Å²) < 4.78 is 30.1. The molecule has 1 amide bonds. The van der Waals surface area contributed by atoms with Crippen LogP contribution in [0.1, 0.15) is 119 Å². The average Bonchev–Trinajstić information content (AvgIpc) is 3.22. The van der Waals surface area contributed by atoms with Gasteiger partial charge in [-0.25, -0.2) is 4.79 Å². The Morgan fingerprint density at radius 1 is 0.932 bits per heavy atom. The van der Waals surface area contributed by atoms with Crippen molar-refractivity contribution in [3.63, 3.8) is 0 Å². The van der Waals surface area contributed by atoms with Crippen LogP contribution in [-0.4, -0.2) is 133 Å². The quantitative estimate of drug-likeness (QED) is 0.125. The molecule has 14 heteroatoms. The largest absolute Gasteiger partial charge is 0.456 e. The van der Waals surface area contributed by atoms with E-state index in [4.69, 9.17) is 28.5 Å². The molecule has 2 saturated heterocycles. The molecule has 14 nitrogen and oxygen atoms in total. The summed E-state index contributed by atoms with van der Waals surface area (Å²) in [6.45, 7) is 13.9. The molecular weight excluding hydrogens is 760 g/mol. The summed E-state index contributed by atoms with van der Waals surface area (Å²) in [5.41, 5.74) is 2.49. The number of aliphatic hydroxyl groups is 3. The van der Waals surface area contributed by atoms with Crippen molar-refractivity contribution >= 4 is 23.4 Å². The summed E-state index contributed by atoms with van der Waals surface area (Å²) in [6, 6.07) is -1.11. The fraction of sp³-hybridized carbons (Fsp3) is 0.822. The summed E-state index contributed by atoms with van der Waals surface area (Å²) in [6.07, 6.45) is 4.94. The highest BCUT2D eigenvalue weighted by Gasteiger charge is 2.56. The standard InChI is InChI=1S/C45H74N2O12/c1-11-32-20-26(3)19-27(4)21-38(55-9)41-39(56-10)23-29(6)45(53,59-41)42(50)43(51)47-18-14-13-15-34(47)44(52)58-40(30(7)36(49)25-33(32)46-57-12-2)28(5)22-31-16-17-35(48)37(24-31)54-8/h20,22,27,29-32,34-41,48-49,53H,11-19,21,23-25H2,1-10H3/b26-20+,28-22+,46-33-/t27-,29+,30+,31-,32+,34-,35+,36-,37+,38-,39-,40+,41+,45+/m0/s1. The van der Waals surface area contributed by atoms with Gasteiger partial charge in [0.15, 0.2) is 0 Å². The maximum Gasteiger partial charge on any atom is 0.329 e. The number of piperidine rings is 1. The van der Waals surface area contributed by atoms with Gasteiger partial charge >= 0.3 is 5.97 Å². The van der Waals surface area contributed by atoms with Gasteiger partial charge in [0.1, 0.15) is 24.9 Å². The number of nitrogens with zero attached hydrogens (tertiary/aromatic N) is 2. The van der Waals surface area contributed by atoms with E-state index < -0.39 is 77.9 Å². The third-order valence-corrected chi connectivity index (χ3v) is 13.2. The molecule has 0 radical (unpaired) electrons. The Labute approximate surface area is 352 Å². The lowest BCUT2D eigenvalue weighted by Crippen LogP contribution is -2.64. The van der Waals surface area contributed by atoms with Crippen LogP contribution in [0.4, 0.5) is 0 Å². The number of methoxy groups -OCH3 is 3. The van der Waals surface area contributed by atoms with Crippen LogP contribution in [0.3, 0.4) is 0 Å². The first kappa shape index (κ1) is 48.9. The van der Waals surface area contributed by atoms with Crippen molar-refractivity contribution in [1.82, 2.24) is 4.90 Å². The third kappa shape index (κ3) is 12.0. The third-order valence-electron chi connectivity index (χ3n) is 13.2. The van der Waals surface area contributed by atoms with Gasteiger partial charge in [0.25, 0.3) is 11.7 Å². The molecule has 0 aromatic heterocycles. The highest BCUT2D eigenvalue weighted by Crippen LogP contribution is 2.39. The Balaban J connectivity index is 1.81. The predicted molar refractivity (Wildman–Crippen MR) is 222 cm³/mol. The number of oxime groups is 1. The number of carbonyl (C=O) groups is 3. The minimum Gasteiger partial charge on any atom is -0.456 e. The van der Waals surface area contributed by atoms with Crippen LogP contribution < -0.4 is 0 Å². The van der Waals surface area contributed by atoms with E-state index in [9.17, 15) is 29.7 Å². The topological polar surface area (TPSA) is 183 Å². The van der Waals surface area contributed by atoms with E-state index in [2.05, 4.69) is 32.0 Å². The summed E-state index contributed by atoms with van der Waals surface area (Å²) in [5.74, 6) is -6.85. The molecule has 336 valence electrons. The van der Waals surface area contributed by atoms with E-state index >= 15 is 0 Å². The van der Waals surface area contributed by atoms with E-state index in [-0.39, 0.29) is 49.7 Å². The minimum atomic E-state index is -2.49. The molecule has 1 aliphatic carbocycles. The molecule has 4 rings (SSSR count). The summed E-state index contributed by atoms with van der Waals surface area (Å²) >= 11 is 0. The molecule has 3 aliphatic heterocycles. The average molecular weight is 835 g/mol. The maximum absolute atomic E-state index is 14.4. The zero-order valence-electron chi connectivity index (χ0n) is 37.3. The zero-order valence-corrected chi connectivity index (χ0v) is 37.3. The number of cyclic esters (lactones) is 1. The van der Waals surface area contributed by atoms with E-state index in [0.717, 1.165) is 11.1 Å². The molecule has 0 unspecified atom stereocenters. The van der Waals surface area contributed by atoms with Gasteiger partial charge in [-0.2, -0.15) is 0 Å². The van der Waals surface area contributed by atoms with Gasteiger partial charge in [-0.3, -0.25) is 9.59 Å². The first-order chi connectivity index (χ1) is 28.0. The van der Waals surface area contributed by atoms with E-state index in [1.54, 1.807) is 28.3 Å². The molecule has 4 aliphatic rings. The molecule has 3 fully saturated rings. The number of rotatable bonds is 8. The lowest BCUT2D eigenvalue weighted by molar-refractivity contribution is -0.302. The lowest BCUT2D eigenvalue weighted by Gasteiger charge is -2.47. The van der Waals surface area contributed by atoms with Crippen molar-refractivity contribution in [2.45, 2.75) is 174 Å². The predicted octanol–water partition coefficient (Wildman–Crippen LogP) is 5.30. The van der Waals surface area contributed by atoms with Crippen LogP contribution in [0.2, 0.25) is 0 Å². The number of amides is 1. The Morgan fingerprint density at radius 2 is 1.61 bits per heavy atom. The number of esters is 1. The SMILES string of the molecule is CCO/N=C1/C[C@H](O)[C@@H](C)[C@@H](/C(C)=C/[C@@H]2CC[C@@H](O)[C@H](OC)C2)OC(=O)[C@@H]2CCCCN2C(=O)C(=O)[C@]2(O)O[C@H]([C@@H](OC)C[C@@H](C)C/C(C)=C/[C@H]1CC)[C@@H](OC)C[C@H]2C. The first-order valence-corrected chi connectivity index (χ1v) is 22.0. The second kappa shape index (κ2) is 22.4. The number of ketones is 1. The van der Waals surface area contributed by atoms with Crippen molar-refractivity contribution in [3.8, 4) is 0 Å². The highest BCUT2D eigenvalue weighted by molar-refractivity contribution is 6.39. The molecule has 1 saturated carbocycles. The van der Waals surface area contributed by atoms with Crippen molar-refractivity contribution in [1.29, 1.82) is 0 Å². The monoisotopic (exact) mass is 835 g/mol. The fourth-order valence-corrected chi connectivity index (χ4v) is 9.66. The zero-order chi connectivity index (χ0) is 43.6. The summed E-state index contributed by atoms with van der Waals surface area (Å²) in [7, 11) is 4.69. The molecule has 3 N–H and O–H groups in total. The van der Waals surface area contributed by atoms with Gasteiger partial charge in [0.2, 0.25) is 5.79 Å². The van der Waals surface area contributed by atoms with E-state index in [0.29, 0.717) is 63.7 Å². The Morgan fingerprint density at radius 3 is 2.25 bits per heavy atom. The molecule has 0 aromatic carbocycles. The summed E-state index contributed by atoms with van der Waals surface area (Å²) in [4.78, 5) is 49.9. The maximum atomic E-state index is 14.4. The van der Waals surface area contributed by atoms with Gasteiger partial charge in [-0.1, -0.05) is 50.6 Å². The number of ether oxygens (including phenoxy) is 5. The normalized spacial score (nSPS) is 40.7. The van der Waals surface area contributed by atoms with Crippen molar-refractivity contribution < 1.29 is 58.2 Å². The minimum absolute atomic E-state index is 0.0226. The number of fused-ring (bicyclic) bond motifs is 3. The number of aliphatic hydroxyl groups excluding tert-OH is 2. The van der Waals surface area contributed by atoms with Crippen molar-refractivity contribution in [2.24, 2.45) is 34.7 Å². The van der Waals surface area contributed by atoms with Crippen LogP contribution >= 0.6 is 0 Å². The van der Waals surface area contributed by atoms with Crippen LogP contribution in [-0.2, 0) is 42.9 Å². The molecule has 0 aromatic rings. The number of carbonyl (C=O) groups excluding carboxylic acids is 3. The Kier molecular flexibility index (Phi) is 18.6. The number of hydrogen-bond donors (Lipinski definition) is 3. The lowest BCUT2D eigenvalue weighted by atomic mass is 9.81. The van der Waals surface area contributed by atoms with Gasteiger partial charge in [0.05, 0.1) is 36.2 Å². The molecule has 59 heavy (non-hydrogen) atoms. The van der Waals surface area contributed by atoms with Crippen LogP contribution in [0.15, 0.2) is 28.5 Å². The highest BCUT2D eigenvalue weighted by atomic mass is 16.7. The van der Waals surface area contributed by atoms with E-state index in [1.807, 2.05) is 26.8 Å². The van der Waals surface area contributed by atoms with Crippen molar-refractivity contribution in [2.75, 3.05) is 34.5 Å².